The number of benzene rings is 2. The maximum Gasteiger partial charge on any atom is 0.268 e. The van der Waals surface area contributed by atoms with E-state index in [1.165, 1.54) is 0 Å². The quantitative estimate of drug-likeness (QED) is 0.844. The van der Waals surface area contributed by atoms with Gasteiger partial charge in [-0.25, -0.2) is 0 Å². The molecule has 0 saturated carbocycles. The Morgan fingerprint density at radius 2 is 2.00 bits per heavy atom. The lowest BCUT2D eigenvalue weighted by Crippen LogP contribution is -2.28. The Balaban J connectivity index is 1.69. The first-order valence-corrected chi connectivity index (χ1v) is 8.75. The van der Waals surface area contributed by atoms with Gasteiger partial charge in [-0.05, 0) is 30.5 Å². The lowest BCUT2D eigenvalue weighted by Gasteiger charge is -2.12. The molecule has 6 heteroatoms. The summed E-state index contributed by atoms with van der Waals surface area (Å²) in [6.07, 6.45) is 1.74. The number of carbonyl (C=O) groups is 1. The zero-order valence-electron chi connectivity index (χ0n) is 13.5. The third-order valence-electron chi connectivity index (χ3n) is 3.74. The number of ether oxygens (including phenoxy) is 1. The van der Waals surface area contributed by atoms with Gasteiger partial charge in [-0.1, -0.05) is 29.4 Å². The summed E-state index contributed by atoms with van der Waals surface area (Å²) in [7, 11) is 1.61. The molecule has 2 aromatic carbocycles. The monoisotopic (exact) mass is 342 g/mol. The van der Waals surface area contributed by atoms with Crippen molar-refractivity contribution in [1.29, 1.82) is 0 Å². The number of methoxy groups -OCH3 is 1. The average molecular weight is 342 g/mol. The van der Waals surface area contributed by atoms with E-state index in [1.54, 1.807) is 18.9 Å². The van der Waals surface area contributed by atoms with Gasteiger partial charge in [0.05, 0.1) is 18.5 Å². The minimum atomic E-state index is -0.639. The standard InChI is InChI=1S/C18H18N2O3S/c1-22-15-9-5-3-7-12(15)14-11-16(23-20-14)18(21)19-13-8-4-6-10-17(13)24-2/h3-10,16H,11H2,1-2H3,(H,19,21)/t16-/m0/s1. The third kappa shape index (κ3) is 3.38. The van der Waals surface area contributed by atoms with Crippen molar-refractivity contribution in [2.75, 3.05) is 18.7 Å². The fourth-order valence-corrected chi connectivity index (χ4v) is 3.07. The van der Waals surface area contributed by atoms with E-state index >= 15 is 0 Å². The summed E-state index contributed by atoms with van der Waals surface area (Å²) < 4.78 is 5.34. The molecule has 3 rings (SSSR count). The lowest BCUT2D eigenvalue weighted by molar-refractivity contribution is -0.125. The Hall–Kier alpha value is -2.47. The van der Waals surface area contributed by atoms with Gasteiger partial charge < -0.3 is 14.9 Å². The van der Waals surface area contributed by atoms with Crippen molar-refractivity contribution in [2.24, 2.45) is 5.16 Å². The van der Waals surface area contributed by atoms with Crippen LogP contribution in [-0.4, -0.2) is 31.1 Å². The van der Waals surface area contributed by atoms with Crippen molar-refractivity contribution >= 4 is 29.1 Å². The topological polar surface area (TPSA) is 59.9 Å². The largest absolute Gasteiger partial charge is 0.496 e. The molecule has 24 heavy (non-hydrogen) atoms. The number of rotatable bonds is 5. The van der Waals surface area contributed by atoms with E-state index in [1.807, 2.05) is 54.8 Å². The number of thioether (sulfide) groups is 1. The molecule has 0 saturated heterocycles. The van der Waals surface area contributed by atoms with E-state index < -0.39 is 6.10 Å². The Bertz CT molecular complexity index is 776. The van der Waals surface area contributed by atoms with E-state index in [0.717, 1.165) is 16.1 Å². The molecule has 1 N–H and O–H groups in total. The number of nitrogens with one attached hydrogen (secondary N) is 1. The first-order valence-electron chi connectivity index (χ1n) is 7.53. The second-order valence-electron chi connectivity index (χ2n) is 5.23. The molecule has 1 atom stereocenters. The molecular weight excluding hydrogens is 324 g/mol. The molecule has 1 aliphatic heterocycles. The van der Waals surface area contributed by atoms with Gasteiger partial charge >= 0.3 is 0 Å². The van der Waals surface area contributed by atoms with Gasteiger partial charge in [-0.15, -0.1) is 11.8 Å². The number of oxime groups is 1. The van der Waals surface area contributed by atoms with Gasteiger partial charge in [0.15, 0.2) is 0 Å². The van der Waals surface area contributed by atoms with Crippen molar-refractivity contribution in [2.45, 2.75) is 17.4 Å². The van der Waals surface area contributed by atoms with Crippen LogP contribution < -0.4 is 10.1 Å². The van der Waals surface area contributed by atoms with Crippen LogP contribution in [0.25, 0.3) is 0 Å². The van der Waals surface area contributed by atoms with E-state index in [-0.39, 0.29) is 5.91 Å². The minimum Gasteiger partial charge on any atom is -0.496 e. The van der Waals surface area contributed by atoms with Gasteiger partial charge in [0.1, 0.15) is 5.75 Å². The first kappa shape index (κ1) is 16.4. The predicted molar refractivity (Wildman–Crippen MR) is 95.9 cm³/mol. The smallest absolute Gasteiger partial charge is 0.268 e. The SMILES string of the molecule is COc1ccccc1C1=NO[C@H](C(=O)Nc2ccccc2SC)C1. The molecule has 0 fully saturated rings. The second kappa shape index (κ2) is 7.40. The molecule has 0 spiro atoms. The van der Waals surface area contributed by atoms with E-state index in [9.17, 15) is 4.79 Å². The zero-order valence-corrected chi connectivity index (χ0v) is 14.3. The molecule has 0 aliphatic carbocycles. The second-order valence-corrected chi connectivity index (χ2v) is 6.07. The summed E-state index contributed by atoms with van der Waals surface area (Å²) in [5.41, 5.74) is 2.34. The van der Waals surface area contributed by atoms with Crippen LogP contribution in [0.2, 0.25) is 0 Å². The van der Waals surface area contributed by atoms with E-state index in [4.69, 9.17) is 9.57 Å². The van der Waals surface area contributed by atoms with Crippen molar-refractivity contribution in [1.82, 2.24) is 0 Å². The van der Waals surface area contributed by atoms with Crippen molar-refractivity contribution < 1.29 is 14.4 Å². The third-order valence-corrected chi connectivity index (χ3v) is 4.54. The van der Waals surface area contributed by atoms with Crippen LogP contribution in [0.1, 0.15) is 12.0 Å². The van der Waals surface area contributed by atoms with Crippen LogP contribution in [0, 0.1) is 0 Å². The van der Waals surface area contributed by atoms with Crippen molar-refractivity contribution in [3.05, 3.63) is 54.1 Å². The summed E-state index contributed by atoms with van der Waals surface area (Å²) in [6, 6.07) is 15.2. The Labute approximate surface area is 145 Å². The van der Waals surface area contributed by atoms with Crippen LogP contribution in [0.3, 0.4) is 0 Å². The lowest BCUT2D eigenvalue weighted by atomic mass is 10.0. The number of para-hydroxylation sites is 2. The molecule has 0 bridgehead atoms. The first-order chi connectivity index (χ1) is 11.7. The van der Waals surface area contributed by atoms with Crippen LogP contribution in [0.4, 0.5) is 5.69 Å². The Morgan fingerprint density at radius 3 is 2.79 bits per heavy atom. The average Bonchev–Trinajstić information content (AvgIpc) is 3.12. The highest BCUT2D eigenvalue weighted by molar-refractivity contribution is 7.98. The minimum absolute atomic E-state index is 0.204. The summed E-state index contributed by atoms with van der Waals surface area (Å²) in [6.45, 7) is 0. The summed E-state index contributed by atoms with van der Waals surface area (Å²) >= 11 is 1.58. The summed E-state index contributed by atoms with van der Waals surface area (Å²) in [5.74, 6) is 0.513. The number of carbonyl (C=O) groups excluding carboxylic acids is 1. The molecule has 0 unspecified atom stereocenters. The van der Waals surface area contributed by atoms with E-state index in [2.05, 4.69) is 10.5 Å². The van der Waals surface area contributed by atoms with Gasteiger partial charge in [-0.2, -0.15) is 0 Å². The molecule has 0 aromatic heterocycles. The zero-order chi connectivity index (χ0) is 16.9. The highest BCUT2D eigenvalue weighted by Gasteiger charge is 2.30. The van der Waals surface area contributed by atoms with Crippen LogP contribution >= 0.6 is 11.8 Å². The Morgan fingerprint density at radius 1 is 1.25 bits per heavy atom. The Kier molecular flexibility index (Phi) is 5.05. The number of hydrogen-bond donors (Lipinski definition) is 1. The van der Waals surface area contributed by atoms with E-state index in [0.29, 0.717) is 17.9 Å². The van der Waals surface area contributed by atoms with Gasteiger partial charge in [0, 0.05) is 16.9 Å². The fraction of sp³-hybridized carbons (Fsp3) is 0.222. The molecule has 124 valence electrons. The number of anilines is 1. The highest BCUT2D eigenvalue weighted by atomic mass is 32.2. The van der Waals surface area contributed by atoms with Crippen molar-refractivity contribution in [3.8, 4) is 5.75 Å². The van der Waals surface area contributed by atoms with Gasteiger partial charge in [0.2, 0.25) is 6.10 Å². The molecule has 2 aromatic rings. The number of hydrogen-bond acceptors (Lipinski definition) is 5. The van der Waals surface area contributed by atoms with Crippen LogP contribution in [-0.2, 0) is 9.63 Å². The number of nitrogens with zero attached hydrogens (tertiary/aromatic N) is 1. The fourth-order valence-electron chi connectivity index (χ4n) is 2.52. The molecule has 1 heterocycles. The summed E-state index contributed by atoms with van der Waals surface area (Å²) in [5, 5.41) is 6.99. The predicted octanol–water partition coefficient (Wildman–Crippen LogP) is 3.55. The molecule has 1 amide bonds. The molecule has 5 nitrogen and oxygen atoms in total. The van der Waals surface area contributed by atoms with Gasteiger partial charge in [-0.3, -0.25) is 4.79 Å². The highest BCUT2D eigenvalue weighted by Crippen LogP contribution is 2.27. The van der Waals surface area contributed by atoms with Crippen LogP contribution in [0.5, 0.6) is 5.75 Å². The summed E-state index contributed by atoms with van der Waals surface area (Å²) in [4.78, 5) is 18.8. The maximum absolute atomic E-state index is 12.5. The van der Waals surface area contributed by atoms with Crippen LogP contribution in [0.15, 0.2) is 58.6 Å². The molecular formula is C18H18N2O3S. The molecule has 0 radical (unpaired) electrons. The normalized spacial score (nSPS) is 16.2. The van der Waals surface area contributed by atoms with Crippen molar-refractivity contribution in [3.63, 3.8) is 0 Å². The molecule has 1 aliphatic rings. The van der Waals surface area contributed by atoms with Gasteiger partial charge in [0.25, 0.3) is 5.91 Å². The number of amides is 1. The maximum atomic E-state index is 12.5.